The summed E-state index contributed by atoms with van der Waals surface area (Å²) < 4.78 is 11.5. The van der Waals surface area contributed by atoms with Crippen molar-refractivity contribution in [1.29, 1.82) is 0 Å². The molecule has 0 aliphatic heterocycles. The smallest absolute Gasteiger partial charge is 0.161 e. The molecule has 0 aromatic heterocycles. The maximum Gasteiger partial charge on any atom is 0.161 e. The molecule has 0 spiro atoms. The summed E-state index contributed by atoms with van der Waals surface area (Å²) in [6, 6.07) is 5.73. The number of aliphatic hydroxyl groups excluding tert-OH is 1. The Morgan fingerprint density at radius 1 is 1.26 bits per heavy atom. The largest absolute Gasteiger partial charge is 0.490 e. The number of hydrogen-bond acceptors (Lipinski definition) is 4. The molecule has 2 rings (SSSR count). The average Bonchev–Trinajstić information content (AvgIpc) is 2.43. The minimum Gasteiger partial charge on any atom is -0.490 e. The van der Waals surface area contributed by atoms with Gasteiger partial charge in [0.15, 0.2) is 11.5 Å². The fraction of sp³-hybridized carbons (Fsp3) is 0.600. The van der Waals surface area contributed by atoms with E-state index >= 15 is 0 Å². The number of nitrogens with two attached hydrogens (primary N) is 1. The van der Waals surface area contributed by atoms with Gasteiger partial charge in [-0.3, -0.25) is 0 Å². The van der Waals surface area contributed by atoms with Crippen LogP contribution in [0.3, 0.4) is 0 Å². The molecular weight excluding hydrogens is 242 g/mol. The first-order valence-corrected chi connectivity index (χ1v) is 7.05. The highest BCUT2D eigenvalue weighted by Crippen LogP contribution is 2.32. The maximum atomic E-state index is 9.97. The van der Waals surface area contributed by atoms with Crippen LogP contribution in [0, 0.1) is 0 Å². The number of aliphatic hydroxyl groups is 1. The molecule has 4 nitrogen and oxygen atoms in total. The van der Waals surface area contributed by atoms with Gasteiger partial charge in [-0.15, -0.1) is 0 Å². The lowest BCUT2D eigenvalue weighted by atomic mass is 9.95. The van der Waals surface area contributed by atoms with Crippen LogP contribution >= 0.6 is 0 Å². The van der Waals surface area contributed by atoms with Crippen molar-refractivity contribution in [3.63, 3.8) is 0 Å². The Kier molecular flexibility index (Phi) is 5.05. The van der Waals surface area contributed by atoms with Crippen molar-refractivity contribution in [3.05, 3.63) is 23.8 Å². The van der Waals surface area contributed by atoms with E-state index in [4.69, 9.17) is 15.2 Å². The monoisotopic (exact) mass is 265 g/mol. The third-order valence-corrected chi connectivity index (χ3v) is 3.49. The average molecular weight is 265 g/mol. The van der Waals surface area contributed by atoms with Crippen molar-refractivity contribution in [2.45, 2.75) is 51.4 Å². The van der Waals surface area contributed by atoms with Crippen molar-refractivity contribution in [2.75, 3.05) is 6.61 Å². The molecule has 1 aromatic rings. The Labute approximate surface area is 114 Å². The quantitative estimate of drug-likeness (QED) is 0.857. The zero-order chi connectivity index (χ0) is 13.7. The molecule has 1 aliphatic rings. The van der Waals surface area contributed by atoms with Crippen LogP contribution in [-0.4, -0.2) is 23.9 Å². The van der Waals surface area contributed by atoms with E-state index in [1.165, 1.54) is 0 Å². The molecule has 1 aromatic carbocycles. The summed E-state index contributed by atoms with van der Waals surface area (Å²) in [6.45, 7) is 3.00. The van der Waals surface area contributed by atoms with Gasteiger partial charge in [-0.25, -0.2) is 0 Å². The third-order valence-electron chi connectivity index (χ3n) is 3.49. The highest BCUT2D eigenvalue weighted by atomic mass is 16.5. The fourth-order valence-corrected chi connectivity index (χ4v) is 2.42. The van der Waals surface area contributed by atoms with Crippen molar-refractivity contribution in [1.82, 2.24) is 0 Å². The summed E-state index contributed by atoms with van der Waals surface area (Å²) in [5, 5.41) is 9.97. The zero-order valence-electron chi connectivity index (χ0n) is 11.5. The van der Waals surface area contributed by atoms with Gasteiger partial charge >= 0.3 is 0 Å². The van der Waals surface area contributed by atoms with Crippen molar-refractivity contribution in [2.24, 2.45) is 5.73 Å². The van der Waals surface area contributed by atoms with Gasteiger partial charge in [-0.05, 0) is 43.9 Å². The number of ether oxygens (including phenoxy) is 2. The minimum absolute atomic E-state index is 0.128. The van der Waals surface area contributed by atoms with Crippen molar-refractivity contribution >= 4 is 0 Å². The predicted molar refractivity (Wildman–Crippen MR) is 74.4 cm³/mol. The van der Waals surface area contributed by atoms with Crippen LogP contribution in [0.2, 0.25) is 0 Å². The maximum absolute atomic E-state index is 9.97. The van der Waals surface area contributed by atoms with Gasteiger partial charge in [0.25, 0.3) is 0 Å². The van der Waals surface area contributed by atoms with Gasteiger partial charge < -0.3 is 20.3 Å². The van der Waals surface area contributed by atoms with Gasteiger partial charge in [-0.1, -0.05) is 12.5 Å². The molecule has 4 heteroatoms. The van der Waals surface area contributed by atoms with Crippen LogP contribution in [0.4, 0.5) is 0 Å². The van der Waals surface area contributed by atoms with E-state index in [-0.39, 0.29) is 12.2 Å². The molecule has 0 radical (unpaired) electrons. The first-order valence-electron chi connectivity index (χ1n) is 7.05. The molecule has 3 N–H and O–H groups in total. The van der Waals surface area contributed by atoms with Crippen LogP contribution in [0.1, 0.15) is 38.2 Å². The Bertz CT molecular complexity index is 408. The molecule has 106 valence electrons. The topological polar surface area (TPSA) is 64.7 Å². The summed E-state index contributed by atoms with van der Waals surface area (Å²) in [7, 11) is 0. The molecule has 1 fully saturated rings. The first kappa shape index (κ1) is 14.2. The molecule has 1 aliphatic carbocycles. The standard InChI is InChI=1S/C15H23NO3/c1-2-18-15-9-11(10-16)7-8-14(15)19-13-6-4-3-5-12(13)17/h7-9,12-13,17H,2-6,10,16H2,1H3. The second-order valence-electron chi connectivity index (χ2n) is 4.93. The first-order chi connectivity index (χ1) is 9.24. The van der Waals surface area contributed by atoms with E-state index in [2.05, 4.69) is 0 Å². The highest BCUT2D eigenvalue weighted by molar-refractivity contribution is 5.43. The van der Waals surface area contributed by atoms with E-state index in [0.717, 1.165) is 31.2 Å². The summed E-state index contributed by atoms with van der Waals surface area (Å²) in [5.74, 6) is 1.41. The number of rotatable bonds is 5. The lowest BCUT2D eigenvalue weighted by molar-refractivity contribution is 0.00544. The SMILES string of the molecule is CCOc1cc(CN)ccc1OC1CCCCC1O. The van der Waals surface area contributed by atoms with Crippen LogP contribution in [0.15, 0.2) is 18.2 Å². The molecule has 1 saturated carbocycles. The van der Waals surface area contributed by atoms with Crippen LogP contribution in [-0.2, 0) is 6.54 Å². The Balaban J connectivity index is 2.13. The van der Waals surface area contributed by atoms with Gasteiger partial charge in [0, 0.05) is 6.54 Å². The van der Waals surface area contributed by atoms with Crippen molar-refractivity contribution in [3.8, 4) is 11.5 Å². The minimum atomic E-state index is -0.377. The lowest BCUT2D eigenvalue weighted by Gasteiger charge is -2.29. The van der Waals surface area contributed by atoms with Gasteiger partial charge in [0.1, 0.15) is 6.10 Å². The second kappa shape index (κ2) is 6.78. The van der Waals surface area contributed by atoms with E-state index in [9.17, 15) is 5.11 Å². The Morgan fingerprint density at radius 3 is 2.74 bits per heavy atom. The molecule has 2 atom stereocenters. The van der Waals surface area contributed by atoms with E-state index in [0.29, 0.717) is 24.7 Å². The molecule has 0 amide bonds. The highest BCUT2D eigenvalue weighted by Gasteiger charge is 2.25. The molecule has 0 saturated heterocycles. The van der Waals surface area contributed by atoms with E-state index in [1.807, 2.05) is 25.1 Å². The third kappa shape index (κ3) is 3.61. The molecule has 0 bridgehead atoms. The molecule has 0 heterocycles. The van der Waals surface area contributed by atoms with Gasteiger partial charge in [0.2, 0.25) is 0 Å². The van der Waals surface area contributed by atoms with Gasteiger partial charge in [0.05, 0.1) is 12.7 Å². The fourth-order valence-electron chi connectivity index (χ4n) is 2.42. The van der Waals surface area contributed by atoms with Crippen LogP contribution in [0.25, 0.3) is 0 Å². The Hall–Kier alpha value is -1.26. The lowest BCUT2D eigenvalue weighted by Crippen LogP contribution is -2.34. The normalized spacial score (nSPS) is 23.1. The van der Waals surface area contributed by atoms with Crippen molar-refractivity contribution < 1.29 is 14.6 Å². The molecular formula is C15H23NO3. The molecule has 2 unspecified atom stereocenters. The molecule has 19 heavy (non-hydrogen) atoms. The summed E-state index contributed by atoms with van der Waals surface area (Å²) in [6.07, 6.45) is 3.38. The summed E-state index contributed by atoms with van der Waals surface area (Å²) in [4.78, 5) is 0. The predicted octanol–water partition coefficient (Wildman–Crippen LogP) is 2.23. The number of benzene rings is 1. The number of hydrogen-bond donors (Lipinski definition) is 2. The zero-order valence-corrected chi connectivity index (χ0v) is 11.5. The van der Waals surface area contributed by atoms with E-state index < -0.39 is 0 Å². The van der Waals surface area contributed by atoms with E-state index in [1.54, 1.807) is 0 Å². The summed E-state index contributed by atoms with van der Waals surface area (Å²) >= 11 is 0. The summed E-state index contributed by atoms with van der Waals surface area (Å²) in [5.41, 5.74) is 6.65. The van der Waals surface area contributed by atoms with Gasteiger partial charge in [-0.2, -0.15) is 0 Å². The van der Waals surface area contributed by atoms with Crippen LogP contribution < -0.4 is 15.2 Å². The second-order valence-corrected chi connectivity index (χ2v) is 4.93. The van der Waals surface area contributed by atoms with Crippen LogP contribution in [0.5, 0.6) is 11.5 Å². The Morgan fingerprint density at radius 2 is 2.05 bits per heavy atom.